The van der Waals surface area contributed by atoms with Crippen LogP contribution in [0, 0.1) is 10.8 Å². The lowest BCUT2D eigenvalue weighted by Gasteiger charge is -2.29. The van der Waals surface area contributed by atoms with Crippen molar-refractivity contribution in [2.75, 3.05) is 13.2 Å². The van der Waals surface area contributed by atoms with Gasteiger partial charge in [-0.25, -0.2) is 0 Å². The molecule has 0 amide bonds. The van der Waals surface area contributed by atoms with Crippen molar-refractivity contribution in [3.63, 3.8) is 0 Å². The van der Waals surface area contributed by atoms with Crippen molar-refractivity contribution < 1.29 is 14.6 Å². The summed E-state index contributed by atoms with van der Waals surface area (Å²) in [4.78, 5) is 0. The summed E-state index contributed by atoms with van der Waals surface area (Å²) in [6, 6.07) is 7.22. The Morgan fingerprint density at radius 1 is 1.08 bits per heavy atom. The molecule has 0 bridgehead atoms. The van der Waals surface area contributed by atoms with Crippen LogP contribution in [0.15, 0.2) is 29.8 Å². The minimum Gasteiger partial charge on any atom is -0.508 e. The Kier molecular flexibility index (Phi) is 6.91. The molecular formula is C21H34O3. The van der Waals surface area contributed by atoms with Gasteiger partial charge >= 0.3 is 0 Å². The van der Waals surface area contributed by atoms with Gasteiger partial charge in [-0.15, -0.1) is 0 Å². The molecule has 0 saturated carbocycles. The highest BCUT2D eigenvalue weighted by Crippen LogP contribution is 2.35. The Morgan fingerprint density at radius 3 is 2.17 bits per heavy atom. The lowest BCUT2D eigenvalue weighted by Crippen LogP contribution is -2.22. The molecule has 0 aliphatic carbocycles. The molecule has 0 saturated heterocycles. The monoisotopic (exact) mass is 334 g/mol. The number of rotatable bonds is 6. The summed E-state index contributed by atoms with van der Waals surface area (Å²) in [7, 11) is 0. The molecule has 3 nitrogen and oxygen atoms in total. The first-order chi connectivity index (χ1) is 10.9. The zero-order chi connectivity index (χ0) is 18.5. The Labute approximate surface area is 147 Å². The van der Waals surface area contributed by atoms with Crippen LogP contribution in [-0.2, 0) is 9.47 Å². The third-order valence-electron chi connectivity index (χ3n) is 3.42. The van der Waals surface area contributed by atoms with E-state index in [2.05, 4.69) is 41.5 Å². The second-order valence-corrected chi connectivity index (χ2v) is 8.83. The SMILES string of the molecule is CC(C)O/C(=C(/COCC(C)(C)C)C(C)(C)C)c1cccc(O)c1. The van der Waals surface area contributed by atoms with Gasteiger partial charge in [-0.05, 0) is 36.8 Å². The van der Waals surface area contributed by atoms with Crippen LogP contribution < -0.4 is 0 Å². The van der Waals surface area contributed by atoms with Gasteiger partial charge in [-0.3, -0.25) is 0 Å². The lowest BCUT2D eigenvalue weighted by molar-refractivity contribution is 0.0773. The van der Waals surface area contributed by atoms with Crippen LogP contribution in [-0.4, -0.2) is 24.4 Å². The maximum absolute atomic E-state index is 9.85. The van der Waals surface area contributed by atoms with Gasteiger partial charge in [0.15, 0.2) is 0 Å². The normalized spacial score (nSPS) is 13.9. The van der Waals surface area contributed by atoms with Crippen LogP contribution in [0.3, 0.4) is 0 Å². The van der Waals surface area contributed by atoms with Crippen LogP contribution in [0.2, 0.25) is 0 Å². The van der Waals surface area contributed by atoms with E-state index in [4.69, 9.17) is 9.47 Å². The molecule has 136 valence electrons. The van der Waals surface area contributed by atoms with E-state index in [0.717, 1.165) is 16.9 Å². The molecule has 1 N–H and O–H groups in total. The van der Waals surface area contributed by atoms with Gasteiger partial charge in [0.2, 0.25) is 0 Å². The molecule has 3 heteroatoms. The zero-order valence-electron chi connectivity index (χ0n) is 16.6. The second kappa shape index (κ2) is 8.06. The topological polar surface area (TPSA) is 38.7 Å². The fraction of sp³-hybridized carbons (Fsp3) is 0.619. The van der Waals surface area contributed by atoms with Crippen molar-refractivity contribution in [2.45, 2.75) is 61.5 Å². The van der Waals surface area contributed by atoms with Gasteiger partial charge in [-0.2, -0.15) is 0 Å². The van der Waals surface area contributed by atoms with E-state index in [0.29, 0.717) is 13.2 Å². The van der Waals surface area contributed by atoms with Crippen molar-refractivity contribution in [3.05, 3.63) is 35.4 Å². The molecule has 0 radical (unpaired) electrons. The number of benzene rings is 1. The molecule has 0 aliphatic heterocycles. The molecule has 0 fully saturated rings. The summed E-state index contributed by atoms with van der Waals surface area (Å²) in [5.41, 5.74) is 2.00. The molecule has 0 unspecified atom stereocenters. The average molecular weight is 334 g/mol. The summed E-state index contributed by atoms with van der Waals surface area (Å²) in [5, 5.41) is 9.85. The first-order valence-electron chi connectivity index (χ1n) is 8.67. The highest BCUT2D eigenvalue weighted by atomic mass is 16.5. The van der Waals surface area contributed by atoms with Crippen molar-refractivity contribution in [1.82, 2.24) is 0 Å². The van der Waals surface area contributed by atoms with E-state index < -0.39 is 0 Å². The summed E-state index contributed by atoms with van der Waals surface area (Å²) in [6.07, 6.45) is 0.0438. The molecule has 1 rings (SSSR count). The first kappa shape index (κ1) is 20.6. The Hall–Kier alpha value is -1.48. The number of hydrogen-bond donors (Lipinski definition) is 1. The summed E-state index contributed by atoms with van der Waals surface area (Å²) >= 11 is 0. The standard InChI is InChI=1S/C21H34O3/c1-15(2)24-19(16-10-9-11-17(22)12-16)18(21(6,7)8)13-23-14-20(3,4)5/h9-12,15,22H,13-14H2,1-8H3/b19-18-. The third-order valence-corrected chi connectivity index (χ3v) is 3.42. The molecule has 1 aromatic rings. The summed E-state index contributed by atoms with van der Waals surface area (Å²) in [5.74, 6) is 1.04. The molecule has 24 heavy (non-hydrogen) atoms. The predicted molar refractivity (Wildman–Crippen MR) is 101 cm³/mol. The van der Waals surface area contributed by atoms with Crippen LogP contribution in [0.5, 0.6) is 5.75 Å². The van der Waals surface area contributed by atoms with Crippen LogP contribution >= 0.6 is 0 Å². The minimum absolute atomic E-state index is 0.0438. The van der Waals surface area contributed by atoms with E-state index in [1.54, 1.807) is 12.1 Å². The Balaban J connectivity index is 3.28. The van der Waals surface area contributed by atoms with E-state index in [1.165, 1.54) is 0 Å². The van der Waals surface area contributed by atoms with Gasteiger partial charge in [0, 0.05) is 11.1 Å². The number of aromatic hydroxyl groups is 1. The van der Waals surface area contributed by atoms with Crippen LogP contribution in [0.4, 0.5) is 0 Å². The summed E-state index contributed by atoms with van der Waals surface area (Å²) in [6.45, 7) is 18.2. The second-order valence-electron chi connectivity index (χ2n) is 8.83. The first-order valence-corrected chi connectivity index (χ1v) is 8.67. The molecule has 0 atom stereocenters. The maximum atomic E-state index is 9.85. The van der Waals surface area contributed by atoms with Crippen molar-refractivity contribution in [1.29, 1.82) is 0 Å². The van der Waals surface area contributed by atoms with Gasteiger partial charge in [0.25, 0.3) is 0 Å². The van der Waals surface area contributed by atoms with Gasteiger partial charge in [0.05, 0.1) is 19.3 Å². The van der Waals surface area contributed by atoms with Crippen molar-refractivity contribution in [3.8, 4) is 5.75 Å². The number of phenolic OH excluding ortho intramolecular Hbond substituents is 1. The zero-order valence-corrected chi connectivity index (χ0v) is 16.6. The number of hydrogen-bond acceptors (Lipinski definition) is 3. The quantitative estimate of drug-likeness (QED) is 0.684. The molecule has 0 spiro atoms. The minimum atomic E-state index is -0.104. The average Bonchev–Trinajstić information content (AvgIpc) is 2.39. The van der Waals surface area contributed by atoms with Crippen LogP contribution in [0.25, 0.3) is 5.76 Å². The molecule has 0 aromatic heterocycles. The molecule has 0 aliphatic rings. The lowest BCUT2D eigenvalue weighted by atomic mass is 9.84. The van der Waals surface area contributed by atoms with Gasteiger partial charge in [0.1, 0.15) is 11.5 Å². The predicted octanol–water partition coefficient (Wildman–Crippen LogP) is 5.64. The fourth-order valence-electron chi connectivity index (χ4n) is 2.28. The van der Waals surface area contributed by atoms with Crippen molar-refractivity contribution in [2.24, 2.45) is 10.8 Å². The van der Waals surface area contributed by atoms with Gasteiger partial charge in [-0.1, -0.05) is 53.7 Å². The Morgan fingerprint density at radius 2 is 1.71 bits per heavy atom. The fourth-order valence-corrected chi connectivity index (χ4v) is 2.28. The van der Waals surface area contributed by atoms with E-state index in [-0.39, 0.29) is 22.7 Å². The maximum Gasteiger partial charge on any atom is 0.129 e. The molecule has 1 aromatic carbocycles. The summed E-state index contributed by atoms with van der Waals surface area (Å²) < 4.78 is 12.2. The molecular weight excluding hydrogens is 300 g/mol. The Bertz CT molecular complexity index is 557. The third kappa shape index (κ3) is 6.96. The number of phenols is 1. The highest BCUT2D eigenvalue weighted by molar-refractivity contribution is 5.65. The van der Waals surface area contributed by atoms with E-state index in [1.807, 2.05) is 26.0 Å². The number of ether oxygens (including phenoxy) is 2. The molecule has 0 heterocycles. The van der Waals surface area contributed by atoms with E-state index in [9.17, 15) is 5.11 Å². The van der Waals surface area contributed by atoms with Gasteiger partial charge < -0.3 is 14.6 Å². The van der Waals surface area contributed by atoms with E-state index >= 15 is 0 Å². The van der Waals surface area contributed by atoms with Crippen LogP contribution in [0.1, 0.15) is 61.0 Å². The van der Waals surface area contributed by atoms with Crippen molar-refractivity contribution >= 4 is 5.76 Å². The smallest absolute Gasteiger partial charge is 0.129 e. The highest BCUT2D eigenvalue weighted by Gasteiger charge is 2.25. The largest absolute Gasteiger partial charge is 0.508 e.